The highest BCUT2D eigenvalue weighted by Crippen LogP contribution is 2.29. The SMILES string of the molecule is Cc1cnccc1-c1cccc(-c2csc(NC(=O)CNC(=O)c3ccc(N)cc3)n2)c1. The highest BCUT2D eigenvalue weighted by atomic mass is 32.1. The lowest BCUT2D eigenvalue weighted by molar-refractivity contribution is -0.115. The Bertz CT molecular complexity index is 1270. The fourth-order valence-corrected chi connectivity index (χ4v) is 3.90. The van der Waals surface area contributed by atoms with Gasteiger partial charge >= 0.3 is 0 Å². The van der Waals surface area contributed by atoms with Crippen molar-refractivity contribution in [1.82, 2.24) is 15.3 Å². The van der Waals surface area contributed by atoms with Crippen molar-refractivity contribution in [3.05, 3.63) is 83.5 Å². The summed E-state index contributed by atoms with van der Waals surface area (Å²) in [5.41, 5.74) is 11.6. The van der Waals surface area contributed by atoms with Crippen LogP contribution < -0.4 is 16.4 Å². The average Bonchev–Trinajstić information content (AvgIpc) is 3.27. The molecule has 0 aliphatic heterocycles. The van der Waals surface area contributed by atoms with Gasteiger partial charge in [0.1, 0.15) is 0 Å². The van der Waals surface area contributed by atoms with Crippen LogP contribution in [0.1, 0.15) is 15.9 Å². The van der Waals surface area contributed by atoms with Crippen LogP contribution in [0.4, 0.5) is 10.8 Å². The monoisotopic (exact) mass is 443 g/mol. The van der Waals surface area contributed by atoms with E-state index in [9.17, 15) is 9.59 Å². The van der Waals surface area contributed by atoms with Crippen LogP contribution in [0.2, 0.25) is 0 Å². The second-order valence-corrected chi connectivity index (χ2v) is 8.02. The number of nitrogens with one attached hydrogen (secondary N) is 2. The molecule has 160 valence electrons. The van der Waals surface area contributed by atoms with Gasteiger partial charge in [-0.25, -0.2) is 4.98 Å². The lowest BCUT2D eigenvalue weighted by atomic mass is 10.00. The Hall–Kier alpha value is -4.04. The number of thiazole rings is 1. The molecule has 0 atom stereocenters. The second kappa shape index (κ2) is 9.40. The third-order valence-electron chi connectivity index (χ3n) is 4.82. The Labute approximate surface area is 189 Å². The molecule has 0 unspecified atom stereocenters. The summed E-state index contributed by atoms with van der Waals surface area (Å²) < 4.78 is 0. The van der Waals surface area contributed by atoms with Crippen molar-refractivity contribution in [2.24, 2.45) is 0 Å². The number of anilines is 2. The molecule has 2 amide bonds. The number of carbonyl (C=O) groups is 2. The summed E-state index contributed by atoms with van der Waals surface area (Å²) in [6.07, 6.45) is 3.61. The number of aryl methyl sites for hydroxylation is 1. The zero-order chi connectivity index (χ0) is 22.5. The molecule has 4 rings (SSSR count). The molecular formula is C24H21N5O2S. The number of nitrogen functional groups attached to an aromatic ring is 1. The maximum Gasteiger partial charge on any atom is 0.251 e. The summed E-state index contributed by atoms with van der Waals surface area (Å²) in [6.45, 7) is 1.87. The number of carbonyl (C=O) groups excluding carboxylic acids is 2. The van der Waals surface area contributed by atoms with Crippen molar-refractivity contribution < 1.29 is 9.59 Å². The van der Waals surface area contributed by atoms with Crippen molar-refractivity contribution in [1.29, 1.82) is 0 Å². The fourth-order valence-electron chi connectivity index (χ4n) is 3.17. The third-order valence-corrected chi connectivity index (χ3v) is 5.58. The molecular weight excluding hydrogens is 422 g/mol. The standard InChI is InChI=1S/C24H21N5O2S/c1-15-12-26-10-9-20(15)17-3-2-4-18(11-17)21-14-32-24(28-21)29-22(30)13-27-23(31)16-5-7-19(25)8-6-16/h2-12,14H,13,25H2,1H3,(H,27,31)(H,28,29,30). The number of nitrogens with two attached hydrogens (primary N) is 1. The smallest absolute Gasteiger partial charge is 0.251 e. The quantitative estimate of drug-likeness (QED) is 0.388. The molecule has 2 heterocycles. The predicted octanol–water partition coefficient (Wildman–Crippen LogP) is 4.13. The fraction of sp³-hybridized carbons (Fsp3) is 0.0833. The third kappa shape index (κ3) is 4.98. The van der Waals surface area contributed by atoms with Crippen LogP contribution in [0.5, 0.6) is 0 Å². The van der Waals surface area contributed by atoms with Crippen molar-refractivity contribution in [2.45, 2.75) is 6.92 Å². The topological polar surface area (TPSA) is 110 Å². The van der Waals surface area contributed by atoms with Gasteiger partial charge in [-0.15, -0.1) is 11.3 Å². The van der Waals surface area contributed by atoms with Crippen LogP contribution in [-0.2, 0) is 4.79 Å². The van der Waals surface area contributed by atoms with Gasteiger partial charge in [0, 0.05) is 34.6 Å². The van der Waals surface area contributed by atoms with Crippen LogP contribution in [0, 0.1) is 6.92 Å². The van der Waals surface area contributed by atoms with Crippen molar-refractivity contribution >= 4 is 34.0 Å². The van der Waals surface area contributed by atoms with E-state index in [1.807, 2.05) is 42.8 Å². The van der Waals surface area contributed by atoms with E-state index in [0.29, 0.717) is 16.4 Å². The molecule has 0 bridgehead atoms. The minimum Gasteiger partial charge on any atom is -0.399 e. The zero-order valence-electron chi connectivity index (χ0n) is 17.3. The van der Waals surface area contributed by atoms with Gasteiger partial charge in [-0.2, -0.15) is 0 Å². The van der Waals surface area contributed by atoms with E-state index in [-0.39, 0.29) is 18.4 Å². The van der Waals surface area contributed by atoms with E-state index in [4.69, 9.17) is 5.73 Å². The van der Waals surface area contributed by atoms with E-state index in [1.165, 1.54) is 11.3 Å². The lowest BCUT2D eigenvalue weighted by Gasteiger charge is -2.07. The Kier molecular flexibility index (Phi) is 6.23. The molecule has 0 fully saturated rings. The van der Waals surface area contributed by atoms with E-state index in [0.717, 1.165) is 27.9 Å². The minimum atomic E-state index is -0.351. The number of aromatic nitrogens is 2. The number of amides is 2. The molecule has 2 aromatic carbocycles. The number of hydrogen-bond donors (Lipinski definition) is 3. The molecule has 7 nitrogen and oxygen atoms in total. The first-order valence-corrected chi connectivity index (χ1v) is 10.8. The predicted molar refractivity (Wildman–Crippen MR) is 127 cm³/mol. The zero-order valence-corrected chi connectivity index (χ0v) is 18.1. The summed E-state index contributed by atoms with van der Waals surface area (Å²) in [6, 6.07) is 16.5. The van der Waals surface area contributed by atoms with Crippen molar-refractivity contribution in [3.8, 4) is 22.4 Å². The molecule has 0 saturated carbocycles. The van der Waals surface area contributed by atoms with Crippen LogP contribution in [0.3, 0.4) is 0 Å². The molecule has 32 heavy (non-hydrogen) atoms. The molecule has 0 spiro atoms. The summed E-state index contributed by atoms with van der Waals surface area (Å²) in [7, 11) is 0. The molecule has 0 aliphatic rings. The molecule has 4 N–H and O–H groups in total. The number of pyridine rings is 1. The Morgan fingerprint density at radius 2 is 1.84 bits per heavy atom. The van der Waals surface area contributed by atoms with Crippen molar-refractivity contribution in [2.75, 3.05) is 17.6 Å². The molecule has 4 aromatic rings. The number of nitrogens with zero attached hydrogens (tertiary/aromatic N) is 2. The number of hydrogen-bond acceptors (Lipinski definition) is 6. The molecule has 0 radical (unpaired) electrons. The first-order valence-electron chi connectivity index (χ1n) is 9.90. The average molecular weight is 444 g/mol. The van der Waals surface area contributed by atoms with E-state index < -0.39 is 0 Å². The lowest BCUT2D eigenvalue weighted by Crippen LogP contribution is -2.32. The summed E-state index contributed by atoms with van der Waals surface area (Å²) >= 11 is 1.33. The Balaban J connectivity index is 1.39. The van der Waals surface area contributed by atoms with Gasteiger partial charge in [0.25, 0.3) is 5.91 Å². The van der Waals surface area contributed by atoms with Gasteiger partial charge < -0.3 is 16.4 Å². The molecule has 2 aromatic heterocycles. The van der Waals surface area contributed by atoms with Gasteiger partial charge in [0.05, 0.1) is 12.2 Å². The summed E-state index contributed by atoms with van der Waals surface area (Å²) in [5.74, 6) is -0.695. The maximum atomic E-state index is 12.2. The van der Waals surface area contributed by atoms with Gasteiger partial charge in [-0.05, 0) is 60.0 Å². The highest BCUT2D eigenvalue weighted by molar-refractivity contribution is 7.14. The molecule has 0 aliphatic carbocycles. The normalized spacial score (nSPS) is 10.5. The van der Waals surface area contributed by atoms with E-state index in [1.54, 1.807) is 30.5 Å². The van der Waals surface area contributed by atoms with Gasteiger partial charge in [-0.3, -0.25) is 14.6 Å². The van der Waals surface area contributed by atoms with Crippen LogP contribution in [0.25, 0.3) is 22.4 Å². The van der Waals surface area contributed by atoms with Crippen LogP contribution >= 0.6 is 11.3 Å². The first-order chi connectivity index (χ1) is 15.5. The van der Waals surface area contributed by atoms with E-state index in [2.05, 4.69) is 26.7 Å². The summed E-state index contributed by atoms with van der Waals surface area (Å²) in [5, 5.41) is 7.68. The Morgan fingerprint density at radius 3 is 2.62 bits per heavy atom. The second-order valence-electron chi connectivity index (χ2n) is 7.16. The maximum absolute atomic E-state index is 12.2. The Morgan fingerprint density at radius 1 is 1.06 bits per heavy atom. The van der Waals surface area contributed by atoms with Gasteiger partial charge in [-0.1, -0.05) is 18.2 Å². The first kappa shape index (κ1) is 21.2. The highest BCUT2D eigenvalue weighted by Gasteiger charge is 2.11. The van der Waals surface area contributed by atoms with Crippen LogP contribution in [0.15, 0.2) is 72.4 Å². The molecule has 8 heteroatoms. The van der Waals surface area contributed by atoms with Crippen molar-refractivity contribution in [3.63, 3.8) is 0 Å². The van der Waals surface area contributed by atoms with Gasteiger partial charge in [0.15, 0.2) is 5.13 Å². The van der Waals surface area contributed by atoms with Gasteiger partial charge in [0.2, 0.25) is 5.91 Å². The number of rotatable bonds is 6. The minimum absolute atomic E-state index is 0.158. The largest absolute Gasteiger partial charge is 0.399 e. The van der Waals surface area contributed by atoms with Crippen LogP contribution in [-0.4, -0.2) is 28.3 Å². The van der Waals surface area contributed by atoms with E-state index >= 15 is 0 Å². The molecule has 0 saturated heterocycles. The summed E-state index contributed by atoms with van der Waals surface area (Å²) in [4.78, 5) is 33.0. The number of benzene rings is 2.